The van der Waals surface area contributed by atoms with Crippen LogP contribution in [0.4, 0.5) is 0 Å². The molecule has 18 heavy (non-hydrogen) atoms. The van der Waals surface area contributed by atoms with E-state index in [1.54, 1.807) is 0 Å². The van der Waals surface area contributed by atoms with Crippen LogP contribution in [0.25, 0.3) is 0 Å². The van der Waals surface area contributed by atoms with E-state index in [1.807, 2.05) is 0 Å². The lowest BCUT2D eigenvalue weighted by Gasteiger charge is -2.29. The van der Waals surface area contributed by atoms with Crippen molar-refractivity contribution in [3.63, 3.8) is 0 Å². The molecule has 2 N–H and O–H groups in total. The van der Waals surface area contributed by atoms with Crippen molar-refractivity contribution in [3.8, 4) is 0 Å². The summed E-state index contributed by atoms with van der Waals surface area (Å²) in [6, 6.07) is 7.16. The highest BCUT2D eigenvalue weighted by Crippen LogP contribution is 2.29. The Hall–Kier alpha value is -0.860. The van der Waals surface area contributed by atoms with E-state index in [0.717, 1.165) is 12.8 Å². The standard InChI is InChI=1S/C16H28N2/c1-12-7-8-13(2)14(11-12)15(18(5)6)9-10-16(3,4)17/h7-8,11,15H,9-10,17H2,1-6H3. The maximum Gasteiger partial charge on any atom is 0.0345 e. The second-order valence-corrected chi connectivity index (χ2v) is 6.37. The Balaban J connectivity index is 2.94. The van der Waals surface area contributed by atoms with E-state index >= 15 is 0 Å². The molecular formula is C16H28N2. The van der Waals surface area contributed by atoms with Crippen LogP contribution in [0.1, 0.15) is 49.4 Å². The summed E-state index contributed by atoms with van der Waals surface area (Å²) in [5.41, 5.74) is 10.2. The van der Waals surface area contributed by atoms with Gasteiger partial charge in [0.2, 0.25) is 0 Å². The fourth-order valence-corrected chi connectivity index (χ4v) is 2.32. The molecule has 0 aromatic heterocycles. The molecule has 0 aliphatic heterocycles. The van der Waals surface area contributed by atoms with Crippen molar-refractivity contribution in [2.24, 2.45) is 5.73 Å². The number of hydrogen-bond acceptors (Lipinski definition) is 2. The molecule has 1 aromatic rings. The molecule has 0 heterocycles. The third-order valence-corrected chi connectivity index (χ3v) is 3.48. The normalized spacial score (nSPS) is 14.0. The van der Waals surface area contributed by atoms with Crippen molar-refractivity contribution in [2.75, 3.05) is 14.1 Å². The molecule has 0 aliphatic rings. The molecule has 0 spiro atoms. The van der Waals surface area contributed by atoms with Gasteiger partial charge in [-0.15, -0.1) is 0 Å². The van der Waals surface area contributed by atoms with Gasteiger partial charge in [0.15, 0.2) is 0 Å². The Labute approximate surface area is 112 Å². The molecule has 0 bridgehead atoms. The first-order chi connectivity index (χ1) is 8.20. The molecule has 0 aliphatic carbocycles. The Kier molecular flexibility index (Phi) is 4.94. The second kappa shape index (κ2) is 5.85. The van der Waals surface area contributed by atoms with E-state index < -0.39 is 0 Å². The first kappa shape index (κ1) is 15.2. The van der Waals surface area contributed by atoms with E-state index in [1.165, 1.54) is 16.7 Å². The highest BCUT2D eigenvalue weighted by Gasteiger charge is 2.20. The molecular weight excluding hydrogens is 220 g/mol. The summed E-state index contributed by atoms with van der Waals surface area (Å²) in [4.78, 5) is 2.30. The average Bonchev–Trinajstić information content (AvgIpc) is 2.21. The summed E-state index contributed by atoms with van der Waals surface area (Å²) < 4.78 is 0. The van der Waals surface area contributed by atoms with Crippen LogP contribution >= 0.6 is 0 Å². The van der Waals surface area contributed by atoms with E-state index in [0.29, 0.717) is 6.04 Å². The van der Waals surface area contributed by atoms with Crippen LogP contribution in [0.3, 0.4) is 0 Å². The zero-order valence-electron chi connectivity index (χ0n) is 12.7. The lowest BCUT2D eigenvalue weighted by molar-refractivity contribution is 0.260. The van der Waals surface area contributed by atoms with Crippen molar-refractivity contribution < 1.29 is 0 Å². The van der Waals surface area contributed by atoms with Crippen LogP contribution < -0.4 is 5.73 Å². The Morgan fingerprint density at radius 2 is 1.83 bits per heavy atom. The number of nitrogens with zero attached hydrogens (tertiary/aromatic N) is 1. The SMILES string of the molecule is Cc1ccc(C)c(C(CCC(C)(C)N)N(C)C)c1. The van der Waals surface area contributed by atoms with Crippen LogP contribution in [-0.4, -0.2) is 24.5 Å². The molecule has 0 saturated heterocycles. The zero-order chi connectivity index (χ0) is 13.9. The van der Waals surface area contributed by atoms with Crippen LogP contribution in [-0.2, 0) is 0 Å². The van der Waals surface area contributed by atoms with Gasteiger partial charge in [-0.3, -0.25) is 0 Å². The van der Waals surface area contributed by atoms with E-state index in [-0.39, 0.29) is 5.54 Å². The van der Waals surface area contributed by atoms with Gasteiger partial charge in [0.1, 0.15) is 0 Å². The largest absolute Gasteiger partial charge is 0.326 e. The summed E-state index contributed by atoms with van der Waals surface area (Å²) in [7, 11) is 4.30. The van der Waals surface area contributed by atoms with Gasteiger partial charge in [0, 0.05) is 11.6 Å². The maximum atomic E-state index is 6.11. The molecule has 1 unspecified atom stereocenters. The number of aryl methyl sites for hydroxylation is 2. The summed E-state index contributed by atoms with van der Waals surface area (Å²) in [5.74, 6) is 0. The van der Waals surface area contributed by atoms with Crippen molar-refractivity contribution in [2.45, 2.75) is 52.1 Å². The lowest BCUT2D eigenvalue weighted by Crippen LogP contribution is -2.33. The molecule has 1 atom stereocenters. The van der Waals surface area contributed by atoms with E-state index in [4.69, 9.17) is 5.73 Å². The third kappa shape index (κ3) is 4.43. The topological polar surface area (TPSA) is 29.3 Å². The Morgan fingerprint density at radius 1 is 1.22 bits per heavy atom. The van der Waals surface area contributed by atoms with Crippen molar-refractivity contribution in [3.05, 3.63) is 34.9 Å². The summed E-state index contributed by atoms with van der Waals surface area (Å²) in [6.45, 7) is 8.55. The number of benzene rings is 1. The van der Waals surface area contributed by atoms with Crippen LogP contribution in [0.2, 0.25) is 0 Å². The summed E-state index contributed by atoms with van der Waals surface area (Å²) in [6.07, 6.45) is 2.13. The molecule has 0 radical (unpaired) electrons. The zero-order valence-corrected chi connectivity index (χ0v) is 12.7. The predicted octanol–water partition coefficient (Wildman–Crippen LogP) is 3.42. The van der Waals surface area contributed by atoms with Crippen LogP contribution in [0.15, 0.2) is 18.2 Å². The van der Waals surface area contributed by atoms with Gasteiger partial charge in [-0.05, 0) is 65.8 Å². The van der Waals surface area contributed by atoms with Gasteiger partial charge in [0.05, 0.1) is 0 Å². The first-order valence-electron chi connectivity index (χ1n) is 6.73. The van der Waals surface area contributed by atoms with Gasteiger partial charge < -0.3 is 10.6 Å². The van der Waals surface area contributed by atoms with Crippen LogP contribution in [0.5, 0.6) is 0 Å². The summed E-state index contributed by atoms with van der Waals surface area (Å²) >= 11 is 0. The highest BCUT2D eigenvalue weighted by molar-refractivity contribution is 5.33. The number of rotatable bonds is 5. The fourth-order valence-electron chi connectivity index (χ4n) is 2.32. The monoisotopic (exact) mass is 248 g/mol. The molecule has 1 aromatic carbocycles. The fraction of sp³-hybridized carbons (Fsp3) is 0.625. The van der Waals surface area contributed by atoms with Gasteiger partial charge in [-0.25, -0.2) is 0 Å². The smallest absolute Gasteiger partial charge is 0.0345 e. The maximum absolute atomic E-state index is 6.11. The molecule has 102 valence electrons. The lowest BCUT2D eigenvalue weighted by atomic mass is 9.90. The molecule has 0 saturated carbocycles. The minimum Gasteiger partial charge on any atom is -0.326 e. The molecule has 1 rings (SSSR count). The molecule has 0 fully saturated rings. The van der Waals surface area contributed by atoms with Gasteiger partial charge in [-0.1, -0.05) is 23.8 Å². The van der Waals surface area contributed by atoms with Crippen molar-refractivity contribution >= 4 is 0 Å². The number of nitrogens with two attached hydrogens (primary N) is 1. The van der Waals surface area contributed by atoms with Gasteiger partial charge >= 0.3 is 0 Å². The average molecular weight is 248 g/mol. The van der Waals surface area contributed by atoms with Crippen LogP contribution in [0, 0.1) is 13.8 Å². The van der Waals surface area contributed by atoms with Crippen molar-refractivity contribution in [1.29, 1.82) is 0 Å². The van der Waals surface area contributed by atoms with E-state index in [2.05, 4.69) is 64.9 Å². The third-order valence-electron chi connectivity index (χ3n) is 3.48. The molecule has 0 amide bonds. The predicted molar refractivity (Wildman–Crippen MR) is 79.8 cm³/mol. The van der Waals surface area contributed by atoms with Gasteiger partial charge in [-0.2, -0.15) is 0 Å². The highest BCUT2D eigenvalue weighted by atomic mass is 15.1. The Bertz CT molecular complexity index is 389. The quantitative estimate of drug-likeness (QED) is 0.865. The molecule has 2 nitrogen and oxygen atoms in total. The second-order valence-electron chi connectivity index (χ2n) is 6.37. The summed E-state index contributed by atoms with van der Waals surface area (Å²) in [5, 5.41) is 0. The van der Waals surface area contributed by atoms with E-state index in [9.17, 15) is 0 Å². The van der Waals surface area contributed by atoms with Gasteiger partial charge in [0.25, 0.3) is 0 Å². The minimum atomic E-state index is -0.0913. The molecule has 2 heteroatoms. The first-order valence-corrected chi connectivity index (χ1v) is 6.73. The Morgan fingerprint density at radius 3 is 2.33 bits per heavy atom. The minimum absolute atomic E-state index is 0.0913. The number of hydrogen-bond donors (Lipinski definition) is 1. The van der Waals surface area contributed by atoms with Crippen molar-refractivity contribution in [1.82, 2.24) is 4.90 Å².